The van der Waals surface area contributed by atoms with E-state index in [2.05, 4.69) is 20.4 Å². The number of hydrogen-bond donors (Lipinski definition) is 3. The Morgan fingerprint density at radius 3 is 2.70 bits per heavy atom. The molecule has 1 saturated heterocycles. The fourth-order valence-electron chi connectivity index (χ4n) is 3.19. The summed E-state index contributed by atoms with van der Waals surface area (Å²) in [5.74, 6) is 0.725. The number of aliphatic hydroxyl groups is 1. The normalized spacial score (nSPS) is 18.1. The fourth-order valence-corrected chi connectivity index (χ4v) is 3.19. The average molecular weight is 314 g/mol. The van der Waals surface area contributed by atoms with Crippen LogP contribution in [-0.2, 0) is 6.54 Å². The summed E-state index contributed by atoms with van der Waals surface area (Å²) in [6.07, 6.45) is 3.79. The van der Waals surface area contributed by atoms with Crippen LogP contribution < -0.4 is 5.32 Å². The van der Waals surface area contributed by atoms with E-state index in [4.69, 9.17) is 0 Å². The third-order valence-corrected chi connectivity index (χ3v) is 4.63. The van der Waals surface area contributed by atoms with Gasteiger partial charge in [0.1, 0.15) is 0 Å². The van der Waals surface area contributed by atoms with Crippen LogP contribution in [0.5, 0.6) is 0 Å². The molecule has 3 rings (SSSR count). The van der Waals surface area contributed by atoms with Crippen LogP contribution in [0.1, 0.15) is 30.2 Å². The maximum Gasteiger partial charge on any atom is 0.0916 e. The Labute approximate surface area is 137 Å². The summed E-state index contributed by atoms with van der Waals surface area (Å²) in [4.78, 5) is 2.38. The van der Waals surface area contributed by atoms with Crippen LogP contribution in [0.2, 0.25) is 0 Å². The molecule has 23 heavy (non-hydrogen) atoms. The second kappa shape index (κ2) is 8.24. The van der Waals surface area contributed by atoms with Gasteiger partial charge in [-0.3, -0.25) is 5.10 Å². The minimum absolute atomic E-state index is 0.383. The molecule has 0 aliphatic carbocycles. The van der Waals surface area contributed by atoms with Crippen molar-refractivity contribution in [1.29, 1.82) is 0 Å². The SMILES string of the molecule is O[C@@H](CN1CCC(CNCc2ccn[nH]2)CC1)c1ccccc1. The first-order valence-electron chi connectivity index (χ1n) is 8.45. The van der Waals surface area contributed by atoms with Crippen molar-refractivity contribution in [2.75, 3.05) is 26.2 Å². The zero-order chi connectivity index (χ0) is 15.9. The molecule has 5 heteroatoms. The van der Waals surface area contributed by atoms with Crippen LogP contribution in [0.3, 0.4) is 0 Å². The number of nitrogens with one attached hydrogen (secondary N) is 2. The van der Waals surface area contributed by atoms with E-state index in [0.717, 1.165) is 49.9 Å². The fraction of sp³-hybridized carbons (Fsp3) is 0.500. The van der Waals surface area contributed by atoms with Crippen molar-refractivity contribution in [3.05, 3.63) is 53.9 Å². The quantitative estimate of drug-likeness (QED) is 0.731. The van der Waals surface area contributed by atoms with Gasteiger partial charge in [0, 0.05) is 25.0 Å². The van der Waals surface area contributed by atoms with E-state index < -0.39 is 0 Å². The Morgan fingerprint density at radius 2 is 2.00 bits per heavy atom. The van der Waals surface area contributed by atoms with Gasteiger partial charge < -0.3 is 15.3 Å². The molecule has 1 aromatic carbocycles. The van der Waals surface area contributed by atoms with Crippen LogP contribution in [0.4, 0.5) is 0 Å². The van der Waals surface area contributed by atoms with E-state index in [-0.39, 0.29) is 6.10 Å². The van der Waals surface area contributed by atoms with Gasteiger partial charge >= 0.3 is 0 Å². The maximum atomic E-state index is 10.3. The van der Waals surface area contributed by atoms with Gasteiger partial charge in [-0.25, -0.2) is 0 Å². The van der Waals surface area contributed by atoms with Gasteiger partial charge in [0.2, 0.25) is 0 Å². The molecule has 0 bridgehead atoms. The summed E-state index contributed by atoms with van der Waals surface area (Å²) in [5, 5.41) is 20.7. The van der Waals surface area contributed by atoms with E-state index in [1.54, 1.807) is 6.20 Å². The number of H-pyrrole nitrogens is 1. The van der Waals surface area contributed by atoms with Crippen LogP contribution in [0.25, 0.3) is 0 Å². The van der Waals surface area contributed by atoms with Gasteiger partial charge in [-0.1, -0.05) is 30.3 Å². The van der Waals surface area contributed by atoms with E-state index in [1.807, 2.05) is 36.4 Å². The van der Waals surface area contributed by atoms with Crippen molar-refractivity contribution < 1.29 is 5.11 Å². The molecule has 2 aromatic rings. The van der Waals surface area contributed by atoms with Crippen LogP contribution in [0.15, 0.2) is 42.6 Å². The predicted molar refractivity (Wildman–Crippen MR) is 90.9 cm³/mol. The van der Waals surface area contributed by atoms with Crippen LogP contribution >= 0.6 is 0 Å². The number of β-amino-alcohol motifs (C(OH)–C–C–N with tert-alkyl or cyclic N) is 1. The van der Waals surface area contributed by atoms with Gasteiger partial charge in [-0.15, -0.1) is 0 Å². The highest BCUT2D eigenvalue weighted by molar-refractivity contribution is 5.17. The summed E-state index contributed by atoms with van der Waals surface area (Å²) in [6.45, 7) is 4.78. The van der Waals surface area contributed by atoms with E-state index in [1.165, 1.54) is 12.8 Å². The molecule has 0 unspecified atom stereocenters. The molecule has 1 fully saturated rings. The molecule has 1 atom stereocenters. The number of aromatic nitrogens is 2. The summed E-state index contributed by atoms with van der Waals surface area (Å²) in [7, 11) is 0. The number of aromatic amines is 1. The zero-order valence-corrected chi connectivity index (χ0v) is 13.5. The number of rotatable bonds is 7. The second-order valence-corrected chi connectivity index (χ2v) is 6.38. The average Bonchev–Trinajstić information content (AvgIpc) is 3.11. The van der Waals surface area contributed by atoms with Crippen molar-refractivity contribution >= 4 is 0 Å². The molecular formula is C18H26N4O. The lowest BCUT2D eigenvalue weighted by Crippen LogP contribution is -2.39. The highest BCUT2D eigenvalue weighted by Gasteiger charge is 2.21. The lowest BCUT2D eigenvalue weighted by molar-refractivity contribution is 0.0891. The molecule has 0 spiro atoms. The minimum atomic E-state index is -0.383. The Kier molecular flexibility index (Phi) is 5.80. The molecule has 1 aromatic heterocycles. The Balaban J connectivity index is 1.35. The summed E-state index contributed by atoms with van der Waals surface area (Å²) < 4.78 is 0. The van der Waals surface area contributed by atoms with Crippen molar-refractivity contribution in [3.63, 3.8) is 0 Å². The minimum Gasteiger partial charge on any atom is -0.387 e. The molecule has 5 nitrogen and oxygen atoms in total. The Bertz CT molecular complexity index is 550. The van der Waals surface area contributed by atoms with Crippen LogP contribution in [0, 0.1) is 5.92 Å². The second-order valence-electron chi connectivity index (χ2n) is 6.38. The molecule has 1 aliphatic rings. The third kappa shape index (κ3) is 4.89. The van der Waals surface area contributed by atoms with E-state index in [0.29, 0.717) is 0 Å². The smallest absolute Gasteiger partial charge is 0.0916 e. The Hall–Kier alpha value is -1.69. The zero-order valence-electron chi connectivity index (χ0n) is 13.5. The number of piperidine rings is 1. The summed E-state index contributed by atoms with van der Waals surface area (Å²) in [5.41, 5.74) is 2.14. The number of nitrogens with zero attached hydrogens (tertiary/aromatic N) is 2. The molecular weight excluding hydrogens is 288 g/mol. The Morgan fingerprint density at radius 1 is 1.22 bits per heavy atom. The van der Waals surface area contributed by atoms with Crippen molar-refractivity contribution in [2.24, 2.45) is 5.92 Å². The lowest BCUT2D eigenvalue weighted by Gasteiger charge is -2.33. The van der Waals surface area contributed by atoms with E-state index >= 15 is 0 Å². The summed E-state index contributed by atoms with van der Waals surface area (Å²) >= 11 is 0. The maximum absolute atomic E-state index is 10.3. The third-order valence-electron chi connectivity index (χ3n) is 4.63. The highest BCUT2D eigenvalue weighted by atomic mass is 16.3. The monoisotopic (exact) mass is 314 g/mol. The predicted octanol–water partition coefficient (Wildman–Crippen LogP) is 1.94. The van der Waals surface area contributed by atoms with Gasteiger partial charge in [0.25, 0.3) is 0 Å². The number of benzene rings is 1. The van der Waals surface area contributed by atoms with E-state index in [9.17, 15) is 5.11 Å². The first-order chi connectivity index (χ1) is 11.3. The van der Waals surface area contributed by atoms with Crippen molar-refractivity contribution in [1.82, 2.24) is 20.4 Å². The highest BCUT2D eigenvalue weighted by Crippen LogP contribution is 2.20. The number of aliphatic hydroxyl groups excluding tert-OH is 1. The van der Waals surface area contributed by atoms with Crippen LogP contribution in [-0.4, -0.2) is 46.4 Å². The standard InChI is InChI=1S/C18H26N4O/c23-18(16-4-2-1-3-5-16)14-22-10-7-15(8-11-22)12-19-13-17-6-9-20-21-17/h1-6,9,15,18-19,23H,7-8,10-14H2,(H,20,21)/t18-/m0/s1. The van der Waals surface area contributed by atoms with Gasteiger partial charge in [-0.05, 0) is 50.0 Å². The first-order valence-corrected chi connectivity index (χ1v) is 8.45. The number of likely N-dealkylation sites (tertiary alicyclic amines) is 1. The molecule has 2 heterocycles. The van der Waals surface area contributed by atoms with Gasteiger partial charge in [0.05, 0.1) is 6.10 Å². The molecule has 0 radical (unpaired) electrons. The van der Waals surface area contributed by atoms with Gasteiger partial charge in [-0.2, -0.15) is 5.10 Å². The molecule has 0 amide bonds. The number of hydrogen-bond acceptors (Lipinski definition) is 4. The topological polar surface area (TPSA) is 64.2 Å². The first kappa shape index (κ1) is 16.2. The van der Waals surface area contributed by atoms with Crippen molar-refractivity contribution in [3.8, 4) is 0 Å². The lowest BCUT2D eigenvalue weighted by atomic mass is 9.96. The van der Waals surface area contributed by atoms with Crippen molar-refractivity contribution in [2.45, 2.75) is 25.5 Å². The largest absolute Gasteiger partial charge is 0.387 e. The molecule has 1 aliphatic heterocycles. The molecule has 124 valence electrons. The van der Waals surface area contributed by atoms with Gasteiger partial charge in [0.15, 0.2) is 0 Å². The molecule has 3 N–H and O–H groups in total. The summed E-state index contributed by atoms with van der Waals surface area (Å²) in [6, 6.07) is 11.9. The molecule has 0 saturated carbocycles.